The van der Waals surface area contributed by atoms with Gasteiger partial charge in [0.15, 0.2) is 18.2 Å². The molecule has 4 N–H and O–H groups in total. The summed E-state index contributed by atoms with van der Waals surface area (Å²) in [6, 6.07) is -0.875. The van der Waals surface area contributed by atoms with Crippen molar-refractivity contribution in [3.8, 4) is 0 Å². The highest BCUT2D eigenvalue weighted by atomic mass is 16.7. The lowest BCUT2D eigenvalue weighted by Gasteiger charge is -2.45. The minimum Gasteiger partial charge on any atom is -0.478 e. The summed E-state index contributed by atoms with van der Waals surface area (Å²) in [5.41, 5.74) is -2.99. The van der Waals surface area contributed by atoms with E-state index in [1.807, 2.05) is 44.8 Å². The quantitative estimate of drug-likeness (QED) is 0.223. The predicted molar refractivity (Wildman–Crippen MR) is 173 cm³/mol. The summed E-state index contributed by atoms with van der Waals surface area (Å²) in [4.78, 5) is 41.3. The van der Waals surface area contributed by atoms with E-state index in [0.29, 0.717) is 25.5 Å². The summed E-state index contributed by atoms with van der Waals surface area (Å²) >= 11 is 0. The number of likely N-dealkylation sites (N-methyl/N-ethyl adjacent to an activating group) is 2. The molecule has 14 heteroatoms. The second kappa shape index (κ2) is 15.4. The first-order valence-corrected chi connectivity index (χ1v) is 16.9. The Morgan fingerprint density at radius 1 is 1.10 bits per heavy atom. The van der Waals surface area contributed by atoms with Crippen molar-refractivity contribution in [3.05, 3.63) is 12.2 Å². The van der Waals surface area contributed by atoms with Crippen molar-refractivity contribution in [2.45, 2.75) is 141 Å². The molecule has 0 spiro atoms. The SMILES string of the molecule is CC[C@H]1OC(=O)[C@H](C)[C@@]2(O)O[C@@](C)(C[C@@H](C)CN(C)[C@H](C)[C@@H](O)[C@]1(C)O)[C@H](O[C@@H]1O[C@H](C)C[C@H](N(C)C)[C@H]1OC(=O)/C=C/C(=O)O)[C@H]2C. The van der Waals surface area contributed by atoms with Crippen LogP contribution in [0.2, 0.25) is 0 Å². The number of aliphatic hydroxyl groups excluding tert-OH is 1. The van der Waals surface area contributed by atoms with Crippen molar-refractivity contribution in [1.82, 2.24) is 9.80 Å². The van der Waals surface area contributed by atoms with Gasteiger partial charge in [-0.3, -0.25) is 4.79 Å². The number of fused-ring (bicyclic) bond motifs is 2. The number of carbonyl (C=O) groups excluding carboxylic acids is 2. The second-order valence-electron chi connectivity index (χ2n) is 14.9. The van der Waals surface area contributed by atoms with Gasteiger partial charge in [-0.2, -0.15) is 0 Å². The third kappa shape index (κ3) is 8.40. The largest absolute Gasteiger partial charge is 0.478 e. The van der Waals surface area contributed by atoms with Crippen molar-refractivity contribution in [1.29, 1.82) is 0 Å². The van der Waals surface area contributed by atoms with E-state index >= 15 is 0 Å². The predicted octanol–water partition coefficient (Wildman–Crippen LogP) is 1.53. The summed E-state index contributed by atoms with van der Waals surface area (Å²) in [5.74, 6) is -7.26. The first-order valence-electron chi connectivity index (χ1n) is 16.9. The first kappa shape index (κ1) is 40.3. The van der Waals surface area contributed by atoms with Crippen LogP contribution in [0.3, 0.4) is 0 Å². The highest BCUT2D eigenvalue weighted by Crippen LogP contribution is 2.50. The molecule has 0 aromatic heterocycles. The average molecular weight is 687 g/mol. The molecule has 0 aliphatic carbocycles. The molecule has 3 fully saturated rings. The lowest BCUT2D eigenvalue weighted by atomic mass is 9.80. The number of carboxylic acids is 1. The maximum Gasteiger partial charge on any atom is 0.331 e. The summed E-state index contributed by atoms with van der Waals surface area (Å²) < 4.78 is 31.1. The Hall–Kier alpha value is -2.17. The van der Waals surface area contributed by atoms with Crippen LogP contribution in [0.5, 0.6) is 0 Å². The number of hydrogen-bond acceptors (Lipinski definition) is 13. The molecule has 0 amide bonds. The number of carbonyl (C=O) groups is 3. The Balaban J connectivity index is 2.07. The standard InChI is InChI=1S/C34H58N2O12/c1-12-24-33(8,42)28(40)22(6)36(11)17-18(2)16-32(7)29(20(4)34(43,48-32)21(5)30(41)45-24)47-31-27(46-26(39)14-13-25(37)38)23(35(9)10)15-19(3)44-31/h13-14,18-24,27-29,31,40,42-43H,12,15-17H2,1-11H3,(H,37,38)/b14-13+/t18-,19-,20-,21+,22-,23+,24-,27-,28-,29-,31+,32+,33-,34+/m1/s1. The van der Waals surface area contributed by atoms with E-state index in [9.17, 15) is 29.7 Å². The number of carboxylic acid groups (broad SMARTS) is 1. The van der Waals surface area contributed by atoms with Crippen LogP contribution in [0.15, 0.2) is 12.2 Å². The lowest BCUT2D eigenvalue weighted by Crippen LogP contribution is -2.59. The number of cyclic esters (lactones) is 1. The zero-order valence-electron chi connectivity index (χ0n) is 30.3. The Morgan fingerprint density at radius 2 is 1.73 bits per heavy atom. The molecule has 14 nitrogen and oxygen atoms in total. The third-order valence-electron chi connectivity index (χ3n) is 10.6. The van der Waals surface area contributed by atoms with Gasteiger partial charge in [-0.05, 0) is 80.9 Å². The van der Waals surface area contributed by atoms with Crippen molar-refractivity contribution in [2.75, 3.05) is 27.7 Å². The minimum absolute atomic E-state index is 0.0945. The number of esters is 2. The van der Waals surface area contributed by atoms with E-state index in [2.05, 4.69) is 0 Å². The van der Waals surface area contributed by atoms with Crippen LogP contribution in [0.25, 0.3) is 0 Å². The smallest absolute Gasteiger partial charge is 0.331 e. The zero-order chi connectivity index (χ0) is 36.5. The van der Waals surface area contributed by atoms with Gasteiger partial charge >= 0.3 is 17.9 Å². The second-order valence-corrected chi connectivity index (χ2v) is 14.9. The van der Waals surface area contributed by atoms with E-state index in [0.717, 1.165) is 6.08 Å². The molecule has 3 rings (SSSR count). The van der Waals surface area contributed by atoms with E-state index in [4.69, 9.17) is 28.8 Å². The van der Waals surface area contributed by atoms with Crippen LogP contribution in [0.4, 0.5) is 0 Å². The van der Waals surface area contributed by atoms with Gasteiger partial charge in [0.2, 0.25) is 0 Å². The number of rotatable bonds is 7. The van der Waals surface area contributed by atoms with Gasteiger partial charge in [0.1, 0.15) is 23.7 Å². The van der Waals surface area contributed by atoms with Crippen molar-refractivity contribution in [3.63, 3.8) is 0 Å². The normalized spacial score (nSPS) is 45.1. The molecule has 0 aromatic rings. The van der Waals surface area contributed by atoms with Crippen LogP contribution < -0.4 is 0 Å². The van der Waals surface area contributed by atoms with Gasteiger partial charge < -0.3 is 53.9 Å². The lowest BCUT2D eigenvalue weighted by molar-refractivity contribution is -0.288. The summed E-state index contributed by atoms with van der Waals surface area (Å²) in [7, 11) is 5.49. The molecule has 3 aliphatic rings. The fraction of sp³-hybridized carbons (Fsp3) is 0.853. The molecule has 0 radical (unpaired) electrons. The van der Waals surface area contributed by atoms with Crippen LogP contribution in [0.1, 0.15) is 74.7 Å². The number of nitrogens with zero attached hydrogens (tertiary/aromatic N) is 2. The molecular weight excluding hydrogens is 628 g/mol. The molecule has 0 unspecified atom stereocenters. The number of ether oxygens (including phenoxy) is 5. The summed E-state index contributed by atoms with van der Waals surface area (Å²) in [5, 5.41) is 44.0. The van der Waals surface area contributed by atoms with E-state index in [1.54, 1.807) is 27.7 Å². The zero-order valence-corrected chi connectivity index (χ0v) is 30.3. The topological polar surface area (TPSA) is 185 Å². The van der Waals surface area contributed by atoms with Crippen LogP contribution in [0, 0.1) is 17.8 Å². The Labute approximate surface area is 284 Å². The van der Waals surface area contributed by atoms with Crippen LogP contribution in [-0.2, 0) is 38.1 Å². The number of aliphatic hydroxyl groups is 3. The van der Waals surface area contributed by atoms with Crippen LogP contribution in [-0.4, -0.2) is 142 Å². The molecule has 48 heavy (non-hydrogen) atoms. The van der Waals surface area contributed by atoms with Gasteiger partial charge in [0, 0.05) is 30.7 Å². The molecule has 0 aromatic carbocycles. The molecule has 3 heterocycles. The van der Waals surface area contributed by atoms with Crippen molar-refractivity contribution in [2.24, 2.45) is 17.8 Å². The minimum atomic E-state index is -2.08. The molecule has 3 aliphatic heterocycles. The molecule has 3 saturated heterocycles. The summed E-state index contributed by atoms with van der Waals surface area (Å²) in [6.07, 6.45) is -3.11. The molecule has 0 saturated carbocycles. The fourth-order valence-corrected chi connectivity index (χ4v) is 7.76. The highest BCUT2D eigenvalue weighted by molar-refractivity contribution is 5.90. The molecular formula is C34H58N2O12. The fourth-order valence-electron chi connectivity index (χ4n) is 7.76. The van der Waals surface area contributed by atoms with E-state index in [-0.39, 0.29) is 24.5 Å². The molecule has 276 valence electrons. The Bertz CT molecular complexity index is 1180. The maximum absolute atomic E-state index is 13.7. The van der Waals surface area contributed by atoms with Gasteiger partial charge in [-0.25, -0.2) is 9.59 Å². The highest BCUT2D eigenvalue weighted by Gasteiger charge is 2.64. The van der Waals surface area contributed by atoms with E-state index in [1.165, 1.54) is 13.8 Å². The van der Waals surface area contributed by atoms with Gasteiger partial charge in [0.05, 0.1) is 23.9 Å². The first-order chi connectivity index (χ1) is 22.1. The number of aliphatic carboxylic acids is 1. The Kier molecular flexibility index (Phi) is 12.9. The summed E-state index contributed by atoms with van der Waals surface area (Å²) in [6.45, 7) is 14.3. The third-order valence-corrected chi connectivity index (χ3v) is 10.6. The number of hydrogen-bond donors (Lipinski definition) is 4. The molecule has 14 atom stereocenters. The van der Waals surface area contributed by atoms with Gasteiger partial charge in [-0.15, -0.1) is 0 Å². The van der Waals surface area contributed by atoms with Gasteiger partial charge in [0.25, 0.3) is 0 Å². The van der Waals surface area contributed by atoms with Gasteiger partial charge in [-0.1, -0.05) is 20.8 Å². The van der Waals surface area contributed by atoms with Crippen molar-refractivity contribution >= 4 is 17.9 Å². The van der Waals surface area contributed by atoms with E-state index < -0.39 is 83.5 Å². The maximum atomic E-state index is 13.7. The monoisotopic (exact) mass is 686 g/mol. The average Bonchev–Trinajstić information content (AvgIpc) is 3.17. The van der Waals surface area contributed by atoms with Crippen LogP contribution >= 0.6 is 0 Å². The molecule has 2 bridgehead atoms. The van der Waals surface area contributed by atoms with Crippen molar-refractivity contribution < 1.29 is 58.5 Å². The Morgan fingerprint density at radius 3 is 2.29 bits per heavy atom.